The van der Waals surface area contributed by atoms with Crippen molar-refractivity contribution in [2.75, 3.05) is 0 Å². The zero-order valence-electron chi connectivity index (χ0n) is 11.2. The van der Waals surface area contributed by atoms with Gasteiger partial charge in [0, 0.05) is 23.0 Å². The zero-order chi connectivity index (χ0) is 14.5. The number of benzene rings is 1. The van der Waals surface area contributed by atoms with Gasteiger partial charge in [0.1, 0.15) is 5.75 Å². The summed E-state index contributed by atoms with van der Waals surface area (Å²) in [5.74, 6) is 0.202. The molecule has 2 aromatic rings. The molecule has 0 aliphatic rings. The molecule has 108 valence electrons. The molecule has 1 aromatic carbocycles. The van der Waals surface area contributed by atoms with Gasteiger partial charge in [0.15, 0.2) is 0 Å². The summed E-state index contributed by atoms with van der Waals surface area (Å²) in [5, 5.41) is 5.30. The van der Waals surface area contributed by atoms with Crippen LogP contribution in [0.3, 0.4) is 0 Å². The fourth-order valence-corrected chi connectivity index (χ4v) is 2.68. The van der Waals surface area contributed by atoms with Crippen LogP contribution in [0.5, 0.6) is 5.75 Å². The van der Waals surface area contributed by atoms with Gasteiger partial charge >= 0.3 is 6.61 Å². The van der Waals surface area contributed by atoms with Crippen LogP contribution in [0, 0.1) is 0 Å². The third kappa shape index (κ3) is 3.74. The normalized spacial score (nSPS) is 14.2. The van der Waals surface area contributed by atoms with Crippen molar-refractivity contribution in [1.82, 2.24) is 10.3 Å². The summed E-state index contributed by atoms with van der Waals surface area (Å²) in [4.78, 5) is 4.24. The summed E-state index contributed by atoms with van der Waals surface area (Å²) < 4.78 is 29.3. The van der Waals surface area contributed by atoms with E-state index in [0.717, 1.165) is 5.69 Å². The number of para-hydroxylation sites is 1. The van der Waals surface area contributed by atoms with Crippen molar-refractivity contribution in [3.8, 4) is 5.75 Å². The van der Waals surface area contributed by atoms with E-state index in [4.69, 9.17) is 0 Å². The second kappa shape index (κ2) is 6.76. The Labute approximate surface area is 120 Å². The van der Waals surface area contributed by atoms with Crippen LogP contribution in [0.15, 0.2) is 35.2 Å². The Morgan fingerprint density at radius 3 is 2.60 bits per heavy atom. The van der Waals surface area contributed by atoms with E-state index in [1.165, 1.54) is 11.3 Å². The molecule has 1 aromatic heterocycles. The van der Waals surface area contributed by atoms with E-state index in [1.54, 1.807) is 29.8 Å². The summed E-state index contributed by atoms with van der Waals surface area (Å²) >= 11 is 1.53. The van der Waals surface area contributed by atoms with Gasteiger partial charge in [-0.25, -0.2) is 4.98 Å². The predicted octanol–water partition coefficient (Wildman–Crippen LogP) is 4.16. The maximum Gasteiger partial charge on any atom is 0.387 e. The van der Waals surface area contributed by atoms with Crippen LogP contribution in [-0.2, 0) is 0 Å². The molecule has 0 aliphatic carbocycles. The first-order chi connectivity index (χ1) is 9.58. The highest BCUT2D eigenvalue weighted by molar-refractivity contribution is 7.07. The molecule has 2 unspecified atom stereocenters. The average Bonchev–Trinajstić information content (AvgIpc) is 2.92. The minimum atomic E-state index is -2.82. The maximum absolute atomic E-state index is 12.4. The van der Waals surface area contributed by atoms with E-state index in [0.29, 0.717) is 5.56 Å². The van der Waals surface area contributed by atoms with E-state index in [-0.39, 0.29) is 17.8 Å². The summed E-state index contributed by atoms with van der Waals surface area (Å²) in [5.41, 5.74) is 3.41. The van der Waals surface area contributed by atoms with Crippen LogP contribution in [0.25, 0.3) is 0 Å². The summed E-state index contributed by atoms with van der Waals surface area (Å²) in [6.45, 7) is 1.08. The number of rotatable bonds is 6. The van der Waals surface area contributed by atoms with E-state index < -0.39 is 6.61 Å². The van der Waals surface area contributed by atoms with Crippen molar-refractivity contribution < 1.29 is 13.5 Å². The van der Waals surface area contributed by atoms with Crippen molar-refractivity contribution in [2.24, 2.45) is 0 Å². The van der Waals surface area contributed by atoms with Crippen LogP contribution in [0.1, 0.15) is 37.2 Å². The van der Waals surface area contributed by atoms with Crippen LogP contribution < -0.4 is 10.1 Å². The highest BCUT2D eigenvalue weighted by atomic mass is 32.1. The number of alkyl halides is 2. The lowest BCUT2D eigenvalue weighted by Crippen LogP contribution is -2.23. The minimum absolute atomic E-state index is 0.0378. The van der Waals surface area contributed by atoms with E-state index >= 15 is 0 Å². The first kappa shape index (κ1) is 14.9. The van der Waals surface area contributed by atoms with Gasteiger partial charge in [-0.3, -0.25) is 0 Å². The fraction of sp³-hybridized carbons (Fsp3) is 0.357. The van der Waals surface area contributed by atoms with Gasteiger partial charge in [-0.2, -0.15) is 8.78 Å². The van der Waals surface area contributed by atoms with Gasteiger partial charge in [0.25, 0.3) is 0 Å². The molecular formula is C14H16F2N2OS. The van der Waals surface area contributed by atoms with Crippen LogP contribution in [0.2, 0.25) is 0 Å². The van der Waals surface area contributed by atoms with Crippen molar-refractivity contribution in [1.29, 1.82) is 0 Å². The van der Waals surface area contributed by atoms with Gasteiger partial charge in [0.05, 0.1) is 11.2 Å². The molecule has 0 aliphatic heterocycles. The second-order valence-electron chi connectivity index (χ2n) is 4.44. The lowest BCUT2D eigenvalue weighted by molar-refractivity contribution is -0.0506. The summed E-state index contributed by atoms with van der Waals surface area (Å²) in [6.07, 6.45) is 0. The Morgan fingerprint density at radius 2 is 1.95 bits per heavy atom. The van der Waals surface area contributed by atoms with Crippen LogP contribution >= 0.6 is 11.3 Å². The second-order valence-corrected chi connectivity index (χ2v) is 5.16. The number of thiazole rings is 1. The Morgan fingerprint density at radius 1 is 1.20 bits per heavy atom. The Kier molecular flexibility index (Phi) is 5.03. The summed E-state index contributed by atoms with van der Waals surface area (Å²) in [6, 6.07) is 6.73. The van der Waals surface area contributed by atoms with Crippen LogP contribution in [-0.4, -0.2) is 11.6 Å². The molecule has 20 heavy (non-hydrogen) atoms. The molecule has 6 heteroatoms. The van der Waals surface area contributed by atoms with E-state index in [9.17, 15) is 8.78 Å². The predicted molar refractivity (Wildman–Crippen MR) is 75.2 cm³/mol. The average molecular weight is 298 g/mol. The number of nitrogens with zero attached hydrogens (tertiary/aromatic N) is 1. The van der Waals surface area contributed by atoms with Gasteiger partial charge in [-0.15, -0.1) is 11.3 Å². The standard InChI is InChI=1S/C14H16F2N2OS/c1-9(18-10(2)12-7-20-8-17-12)11-5-3-4-6-13(11)19-14(15)16/h3-10,14,18H,1-2H3. The minimum Gasteiger partial charge on any atom is -0.434 e. The summed E-state index contributed by atoms with van der Waals surface area (Å²) in [7, 11) is 0. The van der Waals surface area contributed by atoms with Crippen molar-refractivity contribution in [3.05, 3.63) is 46.4 Å². The Hall–Kier alpha value is -1.53. The lowest BCUT2D eigenvalue weighted by atomic mass is 10.1. The molecule has 0 saturated heterocycles. The SMILES string of the molecule is CC(NC(C)c1ccccc1OC(F)F)c1cscn1. The van der Waals surface area contributed by atoms with Crippen molar-refractivity contribution >= 4 is 11.3 Å². The molecule has 0 fully saturated rings. The van der Waals surface area contributed by atoms with Gasteiger partial charge in [-0.05, 0) is 19.9 Å². The molecular weight excluding hydrogens is 282 g/mol. The lowest BCUT2D eigenvalue weighted by Gasteiger charge is -2.21. The fourth-order valence-electron chi connectivity index (χ4n) is 2.03. The first-order valence-electron chi connectivity index (χ1n) is 6.25. The van der Waals surface area contributed by atoms with E-state index in [1.807, 2.05) is 19.2 Å². The Bertz CT molecular complexity index is 534. The largest absolute Gasteiger partial charge is 0.434 e. The van der Waals surface area contributed by atoms with Gasteiger partial charge in [-0.1, -0.05) is 18.2 Å². The number of hydrogen-bond acceptors (Lipinski definition) is 4. The molecule has 0 bridgehead atoms. The highest BCUT2D eigenvalue weighted by Gasteiger charge is 2.17. The number of nitrogens with one attached hydrogen (secondary N) is 1. The molecule has 0 saturated carbocycles. The first-order valence-corrected chi connectivity index (χ1v) is 7.20. The van der Waals surface area contributed by atoms with E-state index in [2.05, 4.69) is 15.0 Å². The highest BCUT2D eigenvalue weighted by Crippen LogP contribution is 2.28. The third-order valence-electron chi connectivity index (χ3n) is 3.00. The van der Waals surface area contributed by atoms with Crippen LogP contribution in [0.4, 0.5) is 8.78 Å². The monoisotopic (exact) mass is 298 g/mol. The molecule has 0 amide bonds. The number of halogens is 2. The number of hydrogen-bond donors (Lipinski definition) is 1. The number of ether oxygens (including phenoxy) is 1. The van der Waals surface area contributed by atoms with Crippen molar-refractivity contribution in [2.45, 2.75) is 32.5 Å². The molecule has 1 N–H and O–H groups in total. The van der Waals surface area contributed by atoms with Gasteiger partial charge < -0.3 is 10.1 Å². The third-order valence-corrected chi connectivity index (χ3v) is 3.60. The topological polar surface area (TPSA) is 34.1 Å². The molecule has 3 nitrogen and oxygen atoms in total. The molecule has 1 heterocycles. The zero-order valence-corrected chi connectivity index (χ0v) is 12.0. The maximum atomic E-state index is 12.4. The Balaban J connectivity index is 2.10. The smallest absolute Gasteiger partial charge is 0.387 e. The molecule has 2 rings (SSSR count). The van der Waals surface area contributed by atoms with Gasteiger partial charge in [0.2, 0.25) is 0 Å². The quantitative estimate of drug-likeness (QED) is 0.869. The number of aromatic nitrogens is 1. The molecule has 0 radical (unpaired) electrons. The molecule has 2 atom stereocenters. The van der Waals surface area contributed by atoms with Crippen molar-refractivity contribution in [3.63, 3.8) is 0 Å². The molecule has 0 spiro atoms.